The molecule has 1 aliphatic heterocycles. The van der Waals surface area contributed by atoms with E-state index in [1.54, 1.807) is 31.2 Å². The van der Waals surface area contributed by atoms with Crippen LogP contribution in [0, 0.1) is 6.92 Å². The predicted octanol–water partition coefficient (Wildman–Crippen LogP) is 2.06. The summed E-state index contributed by atoms with van der Waals surface area (Å²) in [6, 6.07) is 6.49. The number of amides is 2. The first kappa shape index (κ1) is 15.8. The highest BCUT2D eigenvalue weighted by Crippen LogP contribution is 2.27. The van der Waals surface area contributed by atoms with Gasteiger partial charge in [-0.3, -0.25) is 4.90 Å². The minimum atomic E-state index is -1.07. The van der Waals surface area contributed by atoms with Gasteiger partial charge < -0.3 is 19.6 Å². The first-order chi connectivity index (χ1) is 11.5. The SMILES string of the molecule is Cc1nc(-c2ccc([C@H]3CN(C(=O)O)CCN3C(=O)O)cc2)no1. The minimum absolute atomic E-state index is 0.0995. The van der Waals surface area contributed by atoms with E-state index in [1.165, 1.54) is 9.80 Å². The number of rotatable bonds is 2. The van der Waals surface area contributed by atoms with E-state index in [1.807, 2.05) is 0 Å². The first-order valence-corrected chi connectivity index (χ1v) is 7.34. The Balaban J connectivity index is 1.86. The van der Waals surface area contributed by atoms with Crippen LogP contribution in [0.1, 0.15) is 17.5 Å². The summed E-state index contributed by atoms with van der Waals surface area (Å²) >= 11 is 0. The van der Waals surface area contributed by atoms with Crippen LogP contribution < -0.4 is 0 Å². The number of hydrogen-bond donors (Lipinski definition) is 2. The molecule has 2 aromatic rings. The quantitative estimate of drug-likeness (QED) is 0.863. The van der Waals surface area contributed by atoms with Gasteiger partial charge in [-0.2, -0.15) is 4.98 Å². The summed E-state index contributed by atoms with van der Waals surface area (Å²) in [4.78, 5) is 29.2. The van der Waals surface area contributed by atoms with Crippen molar-refractivity contribution in [2.75, 3.05) is 19.6 Å². The van der Waals surface area contributed by atoms with Gasteiger partial charge in [0.25, 0.3) is 0 Å². The van der Waals surface area contributed by atoms with E-state index in [4.69, 9.17) is 9.63 Å². The van der Waals surface area contributed by atoms with E-state index in [0.29, 0.717) is 17.3 Å². The lowest BCUT2D eigenvalue weighted by Crippen LogP contribution is -2.51. The average Bonchev–Trinajstić information content (AvgIpc) is 3.01. The summed E-state index contributed by atoms with van der Waals surface area (Å²) in [5, 5.41) is 22.3. The molecule has 2 amide bonds. The summed E-state index contributed by atoms with van der Waals surface area (Å²) in [7, 11) is 0. The van der Waals surface area contributed by atoms with Crippen LogP contribution in [-0.2, 0) is 0 Å². The summed E-state index contributed by atoms with van der Waals surface area (Å²) in [6.45, 7) is 2.09. The smallest absolute Gasteiger partial charge is 0.407 e. The zero-order valence-corrected chi connectivity index (χ0v) is 12.9. The number of carboxylic acid groups (broad SMARTS) is 2. The maximum absolute atomic E-state index is 11.4. The van der Waals surface area contributed by atoms with Gasteiger partial charge in [-0.15, -0.1) is 0 Å². The molecule has 0 spiro atoms. The number of nitrogens with zero attached hydrogens (tertiary/aromatic N) is 4. The molecule has 2 heterocycles. The van der Waals surface area contributed by atoms with Gasteiger partial charge in [0.15, 0.2) is 0 Å². The van der Waals surface area contributed by atoms with Crippen LogP contribution in [0.4, 0.5) is 9.59 Å². The molecule has 1 fully saturated rings. The van der Waals surface area contributed by atoms with E-state index in [0.717, 1.165) is 5.56 Å². The van der Waals surface area contributed by atoms with Crippen LogP contribution in [0.15, 0.2) is 28.8 Å². The van der Waals surface area contributed by atoms with Crippen LogP contribution >= 0.6 is 0 Å². The molecule has 0 aliphatic carbocycles. The third-order valence-electron chi connectivity index (χ3n) is 3.98. The second-order valence-electron chi connectivity index (χ2n) is 5.48. The number of aryl methyl sites for hydroxylation is 1. The molecule has 1 aromatic heterocycles. The maximum atomic E-state index is 11.4. The van der Waals surface area contributed by atoms with Crippen molar-refractivity contribution in [3.05, 3.63) is 35.7 Å². The fourth-order valence-electron chi connectivity index (χ4n) is 2.74. The lowest BCUT2D eigenvalue weighted by Gasteiger charge is -2.38. The molecular weight excluding hydrogens is 316 g/mol. The second-order valence-corrected chi connectivity index (χ2v) is 5.48. The van der Waals surface area contributed by atoms with E-state index < -0.39 is 18.2 Å². The fraction of sp³-hybridized carbons (Fsp3) is 0.333. The number of benzene rings is 1. The molecule has 0 saturated carbocycles. The van der Waals surface area contributed by atoms with Gasteiger partial charge in [0.2, 0.25) is 11.7 Å². The molecule has 9 heteroatoms. The Morgan fingerprint density at radius 3 is 2.42 bits per heavy atom. The molecule has 1 atom stereocenters. The Labute approximate surface area is 137 Å². The Morgan fingerprint density at radius 2 is 1.88 bits per heavy atom. The highest BCUT2D eigenvalue weighted by Gasteiger charge is 2.33. The lowest BCUT2D eigenvalue weighted by atomic mass is 10.0. The molecule has 1 aliphatic rings. The number of carbonyl (C=O) groups is 2. The minimum Gasteiger partial charge on any atom is -0.465 e. The molecule has 126 valence electrons. The van der Waals surface area contributed by atoms with Crippen LogP contribution in [-0.4, -0.2) is 62.0 Å². The monoisotopic (exact) mass is 332 g/mol. The number of aromatic nitrogens is 2. The van der Waals surface area contributed by atoms with Crippen molar-refractivity contribution in [2.24, 2.45) is 0 Å². The molecule has 0 bridgehead atoms. The van der Waals surface area contributed by atoms with E-state index in [-0.39, 0.29) is 19.6 Å². The molecule has 9 nitrogen and oxygen atoms in total. The summed E-state index contributed by atoms with van der Waals surface area (Å²) < 4.78 is 4.94. The lowest BCUT2D eigenvalue weighted by molar-refractivity contribution is 0.0635. The highest BCUT2D eigenvalue weighted by atomic mass is 16.5. The molecule has 0 radical (unpaired) electrons. The van der Waals surface area contributed by atoms with Crippen molar-refractivity contribution >= 4 is 12.2 Å². The van der Waals surface area contributed by atoms with Crippen molar-refractivity contribution in [3.63, 3.8) is 0 Å². The number of piperazine rings is 1. The maximum Gasteiger partial charge on any atom is 0.407 e. The molecule has 1 aromatic carbocycles. The molecule has 2 N–H and O–H groups in total. The van der Waals surface area contributed by atoms with Gasteiger partial charge in [-0.05, 0) is 5.56 Å². The predicted molar refractivity (Wildman–Crippen MR) is 81.5 cm³/mol. The Bertz CT molecular complexity index is 757. The molecule has 3 rings (SSSR count). The fourth-order valence-corrected chi connectivity index (χ4v) is 2.74. The molecule has 24 heavy (non-hydrogen) atoms. The third kappa shape index (κ3) is 3.00. The Hall–Kier alpha value is -3.10. The number of hydrogen-bond acceptors (Lipinski definition) is 5. The average molecular weight is 332 g/mol. The zero-order valence-electron chi connectivity index (χ0n) is 12.9. The van der Waals surface area contributed by atoms with Crippen molar-refractivity contribution < 1.29 is 24.3 Å². The van der Waals surface area contributed by atoms with Crippen molar-refractivity contribution in [1.29, 1.82) is 0 Å². The van der Waals surface area contributed by atoms with Gasteiger partial charge in [0.05, 0.1) is 6.04 Å². The topological polar surface area (TPSA) is 120 Å². The largest absolute Gasteiger partial charge is 0.465 e. The van der Waals surface area contributed by atoms with E-state index >= 15 is 0 Å². The summed E-state index contributed by atoms with van der Waals surface area (Å²) in [6.07, 6.45) is -2.12. The van der Waals surface area contributed by atoms with Crippen molar-refractivity contribution in [2.45, 2.75) is 13.0 Å². The van der Waals surface area contributed by atoms with Gasteiger partial charge in [-0.1, -0.05) is 29.4 Å². The van der Waals surface area contributed by atoms with Crippen molar-refractivity contribution in [3.8, 4) is 11.4 Å². The summed E-state index contributed by atoms with van der Waals surface area (Å²) in [5.74, 6) is 0.903. The van der Waals surface area contributed by atoms with E-state index in [9.17, 15) is 14.7 Å². The van der Waals surface area contributed by atoms with Crippen LogP contribution in [0.2, 0.25) is 0 Å². The van der Waals surface area contributed by atoms with Gasteiger partial charge in [0, 0.05) is 32.1 Å². The standard InChI is InChI=1S/C15H16N4O5/c1-9-16-13(17-24-9)11-4-2-10(3-5-11)12-8-18(14(20)21)6-7-19(12)15(22)23/h2-5,12H,6-8H2,1H3,(H,20,21)(H,22,23)/t12-/m1/s1. The van der Waals surface area contributed by atoms with Gasteiger partial charge >= 0.3 is 12.2 Å². The zero-order chi connectivity index (χ0) is 17.3. The van der Waals surface area contributed by atoms with Crippen LogP contribution in [0.3, 0.4) is 0 Å². The van der Waals surface area contributed by atoms with Gasteiger partial charge in [-0.25, -0.2) is 9.59 Å². The van der Waals surface area contributed by atoms with Crippen LogP contribution in [0.5, 0.6) is 0 Å². The second kappa shape index (κ2) is 6.19. The normalized spacial score (nSPS) is 17.8. The highest BCUT2D eigenvalue weighted by molar-refractivity contribution is 5.69. The van der Waals surface area contributed by atoms with Crippen LogP contribution in [0.25, 0.3) is 11.4 Å². The third-order valence-corrected chi connectivity index (χ3v) is 3.98. The summed E-state index contributed by atoms with van der Waals surface area (Å²) in [5.41, 5.74) is 1.45. The Morgan fingerprint density at radius 1 is 1.17 bits per heavy atom. The van der Waals surface area contributed by atoms with E-state index in [2.05, 4.69) is 10.1 Å². The van der Waals surface area contributed by atoms with Gasteiger partial charge in [0.1, 0.15) is 0 Å². The molecule has 1 saturated heterocycles. The first-order valence-electron chi connectivity index (χ1n) is 7.34. The molecular formula is C15H16N4O5. The molecule has 0 unspecified atom stereocenters. The van der Waals surface area contributed by atoms with Crippen molar-refractivity contribution in [1.82, 2.24) is 19.9 Å². The Kier molecular flexibility index (Phi) is 4.07.